The predicted molar refractivity (Wildman–Crippen MR) is 114 cm³/mol. The van der Waals surface area contributed by atoms with Gasteiger partial charge in [-0.25, -0.2) is 4.90 Å². The summed E-state index contributed by atoms with van der Waals surface area (Å²) in [7, 11) is 0. The molecule has 3 aromatic carbocycles. The number of amides is 3. The Morgan fingerprint density at radius 3 is 2.39 bits per heavy atom. The van der Waals surface area contributed by atoms with Crippen LogP contribution in [0.25, 0.3) is 6.08 Å². The van der Waals surface area contributed by atoms with E-state index >= 15 is 0 Å². The number of rotatable bonds is 4. The van der Waals surface area contributed by atoms with Gasteiger partial charge in [0, 0.05) is 11.8 Å². The normalized spacial score (nSPS) is 14.3. The lowest BCUT2D eigenvalue weighted by atomic mass is 10.1. The third-order valence-corrected chi connectivity index (χ3v) is 4.99. The number of fused-ring (bicyclic) bond motifs is 2. The molecule has 0 aliphatic carbocycles. The summed E-state index contributed by atoms with van der Waals surface area (Å²) in [6, 6.07) is 18.7. The molecule has 0 saturated heterocycles. The van der Waals surface area contributed by atoms with Crippen molar-refractivity contribution in [1.82, 2.24) is 0 Å². The molecule has 0 spiro atoms. The van der Waals surface area contributed by atoms with Gasteiger partial charge in [0.05, 0.1) is 16.8 Å². The van der Waals surface area contributed by atoms with E-state index in [1.807, 2.05) is 6.07 Å². The number of hydrogen-bond donors (Lipinski definition) is 1. The van der Waals surface area contributed by atoms with Crippen molar-refractivity contribution in [2.45, 2.75) is 0 Å². The lowest BCUT2D eigenvalue weighted by molar-refractivity contribution is -0.111. The standard InChI is InChI=1S/C24H16N2O5/c27-22(11-9-15-8-10-20-21(12-15)31-14-30-20)25-16-4-3-5-17(13-16)26-23(28)18-6-1-2-7-19(18)24(26)29/h1-13H,14H2,(H,25,27)/b11-9+. The number of ether oxygens (including phenoxy) is 2. The number of hydrogen-bond acceptors (Lipinski definition) is 5. The maximum atomic E-state index is 12.7. The third kappa shape index (κ3) is 3.42. The fourth-order valence-electron chi connectivity index (χ4n) is 3.52. The van der Waals surface area contributed by atoms with Crippen LogP contribution < -0.4 is 19.7 Å². The Morgan fingerprint density at radius 2 is 1.61 bits per heavy atom. The molecule has 0 unspecified atom stereocenters. The van der Waals surface area contributed by atoms with Crippen LogP contribution >= 0.6 is 0 Å². The van der Waals surface area contributed by atoms with Crippen molar-refractivity contribution < 1.29 is 23.9 Å². The number of carbonyl (C=O) groups is 3. The number of benzene rings is 3. The summed E-state index contributed by atoms with van der Waals surface area (Å²) in [5.74, 6) is 0.193. The molecule has 0 atom stereocenters. The number of nitrogens with zero attached hydrogens (tertiary/aromatic N) is 1. The molecule has 152 valence electrons. The van der Waals surface area contributed by atoms with E-state index < -0.39 is 0 Å². The van der Waals surface area contributed by atoms with E-state index in [2.05, 4.69) is 5.32 Å². The summed E-state index contributed by atoms with van der Waals surface area (Å²) in [6.45, 7) is 0.187. The monoisotopic (exact) mass is 412 g/mol. The zero-order valence-corrected chi connectivity index (χ0v) is 16.2. The first-order valence-electron chi connectivity index (χ1n) is 9.57. The second-order valence-electron chi connectivity index (χ2n) is 6.98. The molecule has 0 bridgehead atoms. The molecule has 2 heterocycles. The Balaban J connectivity index is 1.31. The van der Waals surface area contributed by atoms with Crippen molar-refractivity contribution in [2.24, 2.45) is 0 Å². The highest BCUT2D eigenvalue weighted by Crippen LogP contribution is 2.33. The van der Waals surface area contributed by atoms with Crippen LogP contribution in [0.5, 0.6) is 11.5 Å². The molecule has 2 aliphatic rings. The number of imide groups is 1. The van der Waals surface area contributed by atoms with Gasteiger partial charge in [-0.1, -0.05) is 24.3 Å². The Hall–Kier alpha value is -4.39. The minimum Gasteiger partial charge on any atom is -0.454 e. The van der Waals surface area contributed by atoms with E-state index in [1.165, 1.54) is 6.08 Å². The number of anilines is 2. The Morgan fingerprint density at radius 1 is 0.871 bits per heavy atom. The highest BCUT2D eigenvalue weighted by molar-refractivity contribution is 6.34. The van der Waals surface area contributed by atoms with Crippen LogP contribution in [-0.2, 0) is 4.79 Å². The molecule has 1 N–H and O–H groups in total. The van der Waals surface area contributed by atoms with Crippen LogP contribution in [0.3, 0.4) is 0 Å². The van der Waals surface area contributed by atoms with Crippen LogP contribution in [0, 0.1) is 0 Å². The van der Waals surface area contributed by atoms with Gasteiger partial charge in [0.1, 0.15) is 0 Å². The first-order valence-corrected chi connectivity index (χ1v) is 9.57. The molecule has 0 fully saturated rings. The zero-order valence-electron chi connectivity index (χ0n) is 16.2. The Labute approximate surface area is 177 Å². The SMILES string of the molecule is O=C(/C=C/c1ccc2c(c1)OCO2)Nc1cccc(N2C(=O)c3ccccc3C2=O)c1. The summed E-state index contributed by atoms with van der Waals surface area (Å²) >= 11 is 0. The first-order chi connectivity index (χ1) is 15.1. The van der Waals surface area contributed by atoms with Crippen LogP contribution in [0.15, 0.2) is 72.8 Å². The summed E-state index contributed by atoms with van der Waals surface area (Å²) in [5, 5.41) is 2.75. The van der Waals surface area contributed by atoms with E-state index in [-0.39, 0.29) is 24.5 Å². The molecular formula is C24H16N2O5. The summed E-state index contributed by atoms with van der Waals surface area (Å²) in [6.07, 6.45) is 3.05. The maximum Gasteiger partial charge on any atom is 0.266 e. The van der Waals surface area contributed by atoms with Gasteiger partial charge in [-0.15, -0.1) is 0 Å². The van der Waals surface area contributed by atoms with E-state index in [4.69, 9.17) is 9.47 Å². The second kappa shape index (κ2) is 7.46. The van der Waals surface area contributed by atoms with E-state index in [1.54, 1.807) is 66.7 Å². The molecule has 0 radical (unpaired) electrons. The van der Waals surface area contributed by atoms with E-state index in [0.717, 1.165) is 10.5 Å². The second-order valence-corrected chi connectivity index (χ2v) is 6.98. The summed E-state index contributed by atoms with van der Waals surface area (Å²) in [4.78, 5) is 38.8. The van der Waals surface area contributed by atoms with E-state index in [9.17, 15) is 14.4 Å². The smallest absolute Gasteiger partial charge is 0.266 e. The van der Waals surface area contributed by atoms with Crippen LogP contribution in [0.1, 0.15) is 26.3 Å². The van der Waals surface area contributed by atoms with Crippen LogP contribution in [0.2, 0.25) is 0 Å². The number of nitrogens with one attached hydrogen (secondary N) is 1. The minimum absolute atomic E-state index is 0.187. The Bertz CT molecular complexity index is 1230. The van der Waals surface area contributed by atoms with Gasteiger partial charge in [-0.3, -0.25) is 14.4 Å². The molecular weight excluding hydrogens is 396 g/mol. The molecule has 3 aromatic rings. The minimum atomic E-state index is -0.383. The summed E-state index contributed by atoms with van der Waals surface area (Å²) < 4.78 is 10.6. The highest BCUT2D eigenvalue weighted by atomic mass is 16.7. The fourth-order valence-corrected chi connectivity index (χ4v) is 3.52. The molecule has 5 rings (SSSR count). The molecule has 2 aliphatic heterocycles. The molecule has 7 heteroatoms. The average molecular weight is 412 g/mol. The molecule has 7 nitrogen and oxygen atoms in total. The van der Waals surface area contributed by atoms with Crippen LogP contribution in [0.4, 0.5) is 11.4 Å². The number of carbonyl (C=O) groups excluding carboxylic acids is 3. The van der Waals surface area contributed by atoms with Gasteiger partial charge in [-0.05, 0) is 54.1 Å². The van der Waals surface area contributed by atoms with Crippen molar-refractivity contribution in [3.63, 3.8) is 0 Å². The largest absolute Gasteiger partial charge is 0.454 e. The highest BCUT2D eigenvalue weighted by Gasteiger charge is 2.36. The predicted octanol–water partition coefficient (Wildman–Crippen LogP) is 3.87. The van der Waals surface area contributed by atoms with Crippen molar-refractivity contribution in [2.75, 3.05) is 17.0 Å². The lowest BCUT2D eigenvalue weighted by Gasteiger charge is -2.15. The van der Waals surface area contributed by atoms with Gasteiger partial charge in [-0.2, -0.15) is 0 Å². The summed E-state index contributed by atoms with van der Waals surface area (Å²) in [5.41, 5.74) is 2.39. The van der Waals surface area contributed by atoms with Crippen molar-refractivity contribution >= 4 is 35.2 Å². The molecule has 0 saturated carbocycles. The van der Waals surface area contributed by atoms with Crippen molar-refractivity contribution in [1.29, 1.82) is 0 Å². The molecule has 31 heavy (non-hydrogen) atoms. The van der Waals surface area contributed by atoms with Gasteiger partial charge in [0.15, 0.2) is 11.5 Å². The lowest BCUT2D eigenvalue weighted by Crippen LogP contribution is -2.29. The topological polar surface area (TPSA) is 84.9 Å². The van der Waals surface area contributed by atoms with Gasteiger partial charge < -0.3 is 14.8 Å². The fraction of sp³-hybridized carbons (Fsp3) is 0.0417. The Kier molecular flexibility index (Phi) is 4.48. The van der Waals surface area contributed by atoms with Crippen molar-refractivity contribution in [3.8, 4) is 11.5 Å². The first kappa shape index (κ1) is 18.6. The van der Waals surface area contributed by atoms with Gasteiger partial charge in [0.2, 0.25) is 12.7 Å². The van der Waals surface area contributed by atoms with Gasteiger partial charge >= 0.3 is 0 Å². The van der Waals surface area contributed by atoms with Gasteiger partial charge in [0.25, 0.3) is 11.8 Å². The van der Waals surface area contributed by atoms with Crippen molar-refractivity contribution in [3.05, 3.63) is 89.5 Å². The van der Waals surface area contributed by atoms with Crippen LogP contribution in [-0.4, -0.2) is 24.5 Å². The third-order valence-electron chi connectivity index (χ3n) is 4.99. The molecule has 0 aromatic heterocycles. The zero-order chi connectivity index (χ0) is 21.4. The quantitative estimate of drug-likeness (QED) is 0.520. The average Bonchev–Trinajstić information content (AvgIpc) is 3.35. The van der Waals surface area contributed by atoms with E-state index in [0.29, 0.717) is 34.0 Å². The maximum absolute atomic E-state index is 12.7. The molecule has 3 amide bonds.